The number of benzene rings is 1. The summed E-state index contributed by atoms with van der Waals surface area (Å²) in [5.74, 6) is -1.96. The van der Waals surface area contributed by atoms with Crippen molar-refractivity contribution < 1.29 is 53.9 Å². The van der Waals surface area contributed by atoms with E-state index in [0.717, 1.165) is 0 Å². The lowest BCUT2D eigenvalue weighted by atomic mass is 9.88. The van der Waals surface area contributed by atoms with Crippen LogP contribution in [-0.2, 0) is 21.4 Å². The molecule has 2 N–H and O–H groups in total. The molecule has 0 saturated carbocycles. The number of alkyl halides is 9. The van der Waals surface area contributed by atoms with Crippen LogP contribution in [0.25, 0.3) is 0 Å². The molecule has 39 heavy (non-hydrogen) atoms. The number of carbonyl (C=O) groups excluding carboxylic acids is 2. The molecule has 3 rings (SSSR count). The standard InChI is InChI=1S/C22H16BrF9N4O3/c1-10-4-11(2-3-13(10)18(38)33-8-17(37)34-9-20(24,25)26)14-7-19(39-36-14,22(30,31)32)15-5-12(21(27,28)29)6-16(23)35-15/h2-6H,7-9H2,1H3,(H,33,38)(H,34,37). The van der Waals surface area contributed by atoms with Gasteiger partial charge in [-0.2, -0.15) is 39.5 Å². The highest BCUT2D eigenvalue weighted by atomic mass is 79.9. The molecule has 0 bridgehead atoms. The molecule has 7 nitrogen and oxygen atoms in total. The average Bonchev–Trinajstić information content (AvgIpc) is 3.27. The van der Waals surface area contributed by atoms with Gasteiger partial charge in [-0.3, -0.25) is 9.59 Å². The molecule has 1 aromatic heterocycles. The van der Waals surface area contributed by atoms with Crippen LogP contribution in [0.3, 0.4) is 0 Å². The summed E-state index contributed by atoms with van der Waals surface area (Å²) < 4.78 is 118. The van der Waals surface area contributed by atoms with E-state index in [0.29, 0.717) is 6.07 Å². The second-order valence-corrected chi connectivity index (χ2v) is 9.11. The third-order valence-corrected chi connectivity index (χ3v) is 5.83. The number of nitrogens with zero attached hydrogens (tertiary/aromatic N) is 2. The molecule has 1 aliphatic heterocycles. The molecular weight excluding hydrogens is 619 g/mol. The van der Waals surface area contributed by atoms with E-state index >= 15 is 0 Å². The lowest BCUT2D eigenvalue weighted by molar-refractivity contribution is -0.277. The first kappa shape index (κ1) is 30.2. The molecule has 0 fully saturated rings. The molecule has 1 aliphatic rings. The average molecular weight is 635 g/mol. The van der Waals surface area contributed by atoms with Gasteiger partial charge in [-0.1, -0.05) is 11.2 Å². The number of nitrogens with one attached hydrogen (secondary N) is 2. The zero-order valence-corrected chi connectivity index (χ0v) is 21.0. The Bertz CT molecular complexity index is 1310. The van der Waals surface area contributed by atoms with E-state index in [9.17, 15) is 49.1 Å². The lowest BCUT2D eigenvalue weighted by Gasteiger charge is -2.29. The number of rotatable bonds is 6. The van der Waals surface area contributed by atoms with E-state index in [2.05, 4.69) is 31.4 Å². The van der Waals surface area contributed by atoms with Crippen molar-refractivity contribution in [3.05, 3.63) is 62.9 Å². The summed E-state index contributed by atoms with van der Waals surface area (Å²) in [6.45, 7) is -0.975. The zero-order valence-electron chi connectivity index (χ0n) is 19.4. The number of aromatic nitrogens is 1. The number of hydrogen-bond acceptors (Lipinski definition) is 5. The number of carbonyl (C=O) groups is 2. The number of hydrogen-bond donors (Lipinski definition) is 2. The van der Waals surface area contributed by atoms with Gasteiger partial charge in [0.1, 0.15) is 11.1 Å². The topological polar surface area (TPSA) is 92.7 Å². The minimum absolute atomic E-state index is 0.0455. The van der Waals surface area contributed by atoms with Gasteiger partial charge in [0, 0.05) is 5.56 Å². The van der Waals surface area contributed by atoms with Crippen LogP contribution in [0.15, 0.2) is 40.1 Å². The predicted octanol–water partition coefficient (Wildman–Crippen LogP) is 5.16. The summed E-state index contributed by atoms with van der Waals surface area (Å²) in [4.78, 5) is 32.1. The monoisotopic (exact) mass is 634 g/mol. The van der Waals surface area contributed by atoms with Crippen LogP contribution in [0.2, 0.25) is 0 Å². The van der Waals surface area contributed by atoms with Gasteiger partial charge >= 0.3 is 18.5 Å². The first-order valence-corrected chi connectivity index (χ1v) is 11.4. The van der Waals surface area contributed by atoms with Crippen LogP contribution < -0.4 is 10.6 Å². The van der Waals surface area contributed by atoms with E-state index < -0.39 is 71.3 Å². The third-order valence-electron chi connectivity index (χ3n) is 5.42. The van der Waals surface area contributed by atoms with Gasteiger partial charge in [0.05, 0.1) is 29.9 Å². The SMILES string of the molecule is Cc1cc(C2=NOC(c3cc(C(F)(F)F)cc(Br)n3)(C(F)(F)F)C2)ccc1C(=O)NCC(=O)NCC(F)(F)F. The quantitative estimate of drug-likeness (QED) is 0.339. The number of halogens is 10. The van der Waals surface area contributed by atoms with Crippen LogP contribution in [-0.4, -0.2) is 48.0 Å². The Morgan fingerprint density at radius 3 is 2.26 bits per heavy atom. The Morgan fingerprint density at radius 2 is 1.69 bits per heavy atom. The van der Waals surface area contributed by atoms with Crippen LogP contribution in [0, 0.1) is 6.92 Å². The van der Waals surface area contributed by atoms with E-state index in [-0.39, 0.29) is 28.5 Å². The second-order valence-electron chi connectivity index (χ2n) is 8.30. The number of pyridine rings is 1. The Kier molecular flexibility index (Phi) is 8.24. The van der Waals surface area contributed by atoms with Crippen LogP contribution in [0.1, 0.15) is 39.2 Å². The van der Waals surface area contributed by atoms with Crippen LogP contribution >= 0.6 is 15.9 Å². The molecule has 1 unspecified atom stereocenters. The highest BCUT2D eigenvalue weighted by Gasteiger charge is 2.63. The van der Waals surface area contributed by atoms with Crippen LogP contribution in [0.5, 0.6) is 0 Å². The molecule has 1 aromatic carbocycles. The summed E-state index contributed by atoms with van der Waals surface area (Å²) in [5, 5.41) is 7.14. The fourth-order valence-electron chi connectivity index (χ4n) is 3.51. The van der Waals surface area contributed by atoms with Gasteiger partial charge in [0.2, 0.25) is 5.91 Å². The minimum Gasteiger partial charge on any atom is -0.372 e. The Labute approximate surface area is 221 Å². The van der Waals surface area contributed by atoms with Crippen molar-refractivity contribution in [1.29, 1.82) is 0 Å². The fourth-order valence-corrected chi connectivity index (χ4v) is 3.94. The molecule has 2 aromatic rings. The maximum absolute atomic E-state index is 14.2. The summed E-state index contributed by atoms with van der Waals surface area (Å²) in [6.07, 6.45) is -15.9. The van der Waals surface area contributed by atoms with E-state index in [1.54, 1.807) is 5.32 Å². The summed E-state index contributed by atoms with van der Waals surface area (Å²) >= 11 is 2.69. The summed E-state index contributed by atoms with van der Waals surface area (Å²) in [7, 11) is 0. The molecule has 212 valence electrons. The maximum Gasteiger partial charge on any atom is 0.437 e. The van der Waals surface area contributed by atoms with Gasteiger partial charge in [0.15, 0.2) is 0 Å². The molecule has 2 amide bonds. The molecule has 0 radical (unpaired) electrons. The number of aryl methyl sites for hydroxylation is 1. The molecule has 1 atom stereocenters. The Balaban J connectivity index is 1.81. The molecular formula is C22H16BrF9N4O3. The first-order valence-electron chi connectivity index (χ1n) is 10.6. The first-order chi connectivity index (χ1) is 17.8. The third kappa shape index (κ3) is 6.99. The lowest BCUT2D eigenvalue weighted by Crippen LogP contribution is -2.43. The fraction of sp³-hybridized carbons (Fsp3) is 0.364. The van der Waals surface area contributed by atoms with E-state index in [1.807, 2.05) is 0 Å². The number of oxime groups is 1. The predicted molar refractivity (Wildman–Crippen MR) is 119 cm³/mol. The minimum atomic E-state index is -5.24. The van der Waals surface area contributed by atoms with Crippen molar-refractivity contribution in [2.75, 3.05) is 13.1 Å². The normalized spacial score (nSPS) is 17.9. The molecule has 0 saturated heterocycles. The highest BCUT2D eigenvalue weighted by Crippen LogP contribution is 2.49. The van der Waals surface area contributed by atoms with Crippen molar-refractivity contribution in [2.24, 2.45) is 5.16 Å². The Morgan fingerprint density at radius 1 is 1.03 bits per heavy atom. The largest absolute Gasteiger partial charge is 0.437 e. The summed E-state index contributed by atoms with van der Waals surface area (Å²) in [6, 6.07) is 4.35. The van der Waals surface area contributed by atoms with Gasteiger partial charge in [-0.15, -0.1) is 0 Å². The maximum atomic E-state index is 14.2. The Hall–Kier alpha value is -3.37. The summed E-state index contributed by atoms with van der Waals surface area (Å²) in [5.41, 5.74) is -5.92. The van der Waals surface area contributed by atoms with Crippen molar-refractivity contribution in [3.63, 3.8) is 0 Å². The van der Waals surface area contributed by atoms with Gasteiger partial charge < -0.3 is 15.5 Å². The molecule has 17 heteroatoms. The zero-order chi connectivity index (χ0) is 29.4. The van der Waals surface area contributed by atoms with Crippen molar-refractivity contribution in [3.8, 4) is 0 Å². The van der Waals surface area contributed by atoms with Crippen LogP contribution in [0.4, 0.5) is 39.5 Å². The molecule has 2 heterocycles. The highest BCUT2D eigenvalue weighted by molar-refractivity contribution is 9.10. The van der Waals surface area contributed by atoms with Crippen molar-refractivity contribution in [2.45, 2.75) is 37.5 Å². The van der Waals surface area contributed by atoms with E-state index in [4.69, 9.17) is 4.84 Å². The van der Waals surface area contributed by atoms with E-state index in [1.165, 1.54) is 25.1 Å². The van der Waals surface area contributed by atoms with Gasteiger partial charge in [0.25, 0.3) is 11.5 Å². The smallest absolute Gasteiger partial charge is 0.372 e. The second kappa shape index (κ2) is 10.7. The molecule has 0 spiro atoms. The van der Waals surface area contributed by atoms with Gasteiger partial charge in [-0.25, -0.2) is 4.98 Å². The van der Waals surface area contributed by atoms with Crippen molar-refractivity contribution >= 4 is 33.5 Å². The van der Waals surface area contributed by atoms with Gasteiger partial charge in [-0.05, 0) is 58.2 Å². The number of amides is 2. The van der Waals surface area contributed by atoms with Crippen molar-refractivity contribution in [1.82, 2.24) is 15.6 Å². The molecule has 0 aliphatic carbocycles.